The molecule has 0 aromatic carbocycles. The Balaban J connectivity index is 1.99. The number of nitriles is 1. The fourth-order valence-corrected chi connectivity index (χ4v) is 2.08. The van der Waals surface area contributed by atoms with Crippen LogP contribution in [0.1, 0.15) is 42.6 Å². The van der Waals surface area contributed by atoms with E-state index in [2.05, 4.69) is 26.6 Å². The maximum absolute atomic E-state index is 11.8. The van der Waals surface area contributed by atoms with Crippen LogP contribution >= 0.6 is 0 Å². The molecule has 0 spiro atoms. The summed E-state index contributed by atoms with van der Waals surface area (Å²) < 4.78 is 0. The van der Waals surface area contributed by atoms with Gasteiger partial charge in [0, 0.05) is 12.5 Å². The van der Waals surface area contributed by atoms with Gasteiger partial charge in [0.25, 0.3) is 5.91 Å². The van der Waals surface area contributed by atoms with Crippen molar-refractivity contribution in [2.24, 2.45) is 5.92 Å². The second-order valence-electron chi connectivity index (χ2n) is 4.21. The number of hydrogen-bond donors (Lipinski definition) is 2. The number of aromatic nitrogens is 3. The van der Waals surface area contributed by atoms with E-state index in [9.17, 15) is 4.79 Å². The molecule has 2 N–H and O–H groups in total. The molecule has 0 aliphatic heterocycles. The molecule has 17 heavy (non-hydrogen) atoms. The van der Waals surface area contributed by atoms with Gasteiger partial charge in [-0.15, -0.1) is 5.10 Å². The standard InChI is InChI=1S/C11H15N5O/c1-2-9-14-10(16-15-9)11(17)13-8-5-3-4-7(8)6-12/h7-8H,2-5H2,1H3,(H,13,17)(H,14,15,16). The van der Waals surface area contributed by atoms with E-state index in [1.165, 1.54) is 0 Å². The molecular weight excluding hydrogens is 218 g/mol. The Kier molecular flexibility index (Phi) is 3.38. The molecule has 6 nitrogen and oxygen atoms in total. The molecule has 2 atom stereocenters. The van der Waals surface area contributed by atoms with Crippen LogP contribution in [-0.4, -0.2) is 27.1 Å². The fraction of sp³-hybridized carbons (Fsp3) is 0.636. The van der Waals surface area contributed by atoms with Gasteiger partial charge in [0.05, 0.1) is 12.0 Å². The molecule has 1 heterocycles. The van der Waals surface area contributed by atoms with Crippen LogP contribution in [-0.2, 0) is 6.42 Å². The first-order chi connectivity index (χ1) is 8.24. The molecular formula is C11H15N5O. The van der Waals surface area contributed by atoms with Crippen LogP contribution in [0.15, 0.2) is 0 Å². The lowest BCUT2D eigenvalue weighted by molar-refractivity contribution is 0.0922. The minimum Gasteiger partial charge on any atom is -0.345 e. The van der Waals surface area contributed by atoms with Crippen LogP contribution in [0, 0.1) is 17.2 Å². The van der Waals surface area contributed by atoms with E-state index in [1.54, 1.807) is 0 Å². The first-order valence-corrected chi connectivity index (χ1v) is 5.86. The van der Waals surface area contributed by atoms with Gasteiger partial charge in [-0.2, -0.15) is 5.26 Å². The van der Waals surface area contributed by atoms with Gasteiger partial charge in [0.2, 0.25) is 5.82 Å². The zero-order valence-corrected chi connectivity index (χ0v) is 9.73. The van der Waals surface area contributed by atoms with Crippen molar-refractivity contribution in [2.45, 2.75) is 38.6 Å². The average Bonchev–Trinajstić information content (AvgIpc) is 2.96. The number of nitrogens with zero attached hydrogens (tertiary/aromatic N) is 3. The summed E-state index contributed by atoms with van der Waals surface area (Å²) in [4.78, 5) is 15.9. The number of hydrogen-bond acceptors (Lipinski definition) is 4. The molecule has 1 aliphatic rings. The molecule has 2 rings (SSSR count). The summed E-state index contributed by atoms with van der Waals surface area (Å²) in [6, 6.07) is 2.16. The largest absolute Gasteiger partial charge is 0.345 e. The first kappa shape index (κ1) is 11.6. The van der Waals surface area contributed by atoms with Crippen molar-refractivity contribution in [3.05, 3.63) is 11.6 Å². The van der Waals surface area contributed by atoms with Crippen LogP contribution in [0.5, 0.6) is 0 Å². The maximum atomic E-state index is 11.8. The molecule has 1 aromatic heterocycles. The van der Waals surface area contributed by atoms with Crippen molar-refractivity contribution in [3.63, 3.8) is 0 Å². The fourth-order valence-electron chi connectivity index (χ4n) is 2.08. The third kappa shape index (κ3) is 2.44. The first-order valence-electron chi connectivity index (χ1n) is 5.86. The lowest BCUT2D eigenvalue weighted by Gasteiger charge is -2.13. The molecule has 1 aromatic rings. The Bertz CT molecular complexity index is 447. The van der Waals surface area contributed by atoms with Gasteiger partial charge in [0.15, 0.2) is 0 Å². The summed E-state index contributed by atoms with van der Waals surface area (Å²) in [7, 11) is 0. The van der Waals surface area contributed by atoms with E-state index in [4.69, 9.17) is 5.26 Å². The summed E-state index contributed by atoms with van der Waals surface area (Å²) in [5.74, 6) is 0.473. The van der Waals surface area contributed by atoms with Gasteiger partial charge in [-0.3, -0.25) is 9.89 Å². The summed E-state index contributed by atoms with van der Waals surface area (Å²) in [5.41, 5.74) is 0. The quantitative estimate of drug-likeness (QED) is 0.806. The van der Waals surface area contributed by atoms with E-state index < -0.39 is 0 Å². The van der Waals surface area contributed by atoms with Crippen molar-refractivity contribution >= 4 is 5.91 Å². The summed E-state index contributed by atoms with van der Waals surface area (Å²) in [6.07, 6.45) is 3.41. The lowest BCUT2D eigenvalue weighted by Crippen LogP contribution is -2.37. The topological polar surface area (TPSA) is 94.5 Å². The van der Waals surface area contributed by atoms with Crippen molar-refractivity contribution in [1.29, 1.82) is 5.26 Å². The van der Waals surface area contributed by atoms with Crippen LogP contribution in [0.4, 0.5) is 0 Å². The number of H-pyrrole nitrogens is 1. The van der Waals surface area contributed by atoms with E-state index in [0.717, 1.165) is 19.3 Å². The minimum absolute atomic E-state index is 0.0592. The van der Waals surface area contributed by atoms with Crippen LogP contribution in [0.3, 0.4) is 0 Å². The molecule has 6 heteroatoms. The molecule has 1 fully saturated rings. The predicted molar refractivity (Wildman–Crippen MR) is 60.0 cm³/mol. The summed E-state index contributed by atoms with van der Waals surface area (Å²) in [6.45, 7) is 1.94. The second-order valence-corrected chi connectivity index (χ2v) is 4.21. The normalized spacial score (nSPS) is 23.3. The number of aryl methyl sites for hydroxylation is 1. The Morgan fingerprint density at radius 1 is 1.65 bits per heavy atom. The second kappa shape index (κ2) is 4.95. The smallest absolute Gasteiger partial charge is 0.291 e. The average molecular weight is 233 g/mol. The monoisotopic (exact) mass is 233 g/mol. The van der Waals surface area contributed by atoms with Crippen molar-refractivity contribution in [3.8, 4) is 6.07 Å². The highest BCUT2D eigenvalue weighted by atomic mass is 16.2. The molecule has 90 valence electrons. The molecule has 1 saturated carbocycles. The molecule has 1 aliphatic carbocycles. The van der Waals surface area contributed by atoms with E-state index in [-0.39, 0.29) is 23.7 Å². The highest BCUT2D eigenvalue weighted by Crippen LogP contribution is 2.24. The third-order valence-corrected chi connectivity index (χ3v) is 3.07. The van der Waals surface area contributed by atoms with Gasteiger partial charge in [-0.05, 0) is 19.3 Å². The minimum atomic E-state index is -0.298. The number of nitrogens with one attached hydrogen (secondary N) is 2. The number of carbonyl (C=O) groups is 1. The summed E-state index contributed by atoms with van der Waals surface area (Å²) >= 11 is 0. The zero-order chi connectivity index (χ0) is 12.3. The van der Waals surface area contributed by atoms with Crippen LogP contribution < -0.4 is 5.32 Å². The Morgan fingerprint density at radius 2 is 2.47 bits per heavy atom. The van der Waals surface area contributed by atoms with Gasteiger partial charge in [-0.25, -0.2) is 4.98 Å². The Hall–Kier alpha value is -1.90. The van der Waals surface area contributed by atoms with Crippen LogP contribution in [0.25, 0.3) is 0 Å². The number of rotatable bonds is 3. The van der Waals surface area contributed by atoms with Crippen LogP contribution in [0.2, 0.25) is 0 Å². The molecule has 0 radical (unpaired) electrons. The SMILES string of the molecule is CCc1nc(C(=O)NC2CCCC2C#N)n[nH]1. The summed E-state index contributed by atoms with van der Waals surface area (Å²) in [5, 5.41) is 18.3. The molecule has 1 amide bonds. The number of aromatic amines is 1. The third-order valence-electron chi connectivity index (χ3n) is 3.07. The van der Waals surface area contributed by atoms with Gasteiger partial charge < -0.3 is 5.32 Å². The highest BCUT2D eigenvalue weighted by molar-refractivity contribution is 5.90. The van der Waals surface area contributed by atoms with E-state index in [1.807, 2.05) is 6.92 Å². The molecule has 0 saturated heterocycles. The van der Waals surface area contributed by atoms with Crippen molar-refractivity contribution < 1.29 is 4.79 Å². The number of amides is 1. The highest BCUT2D eigenvalue weighted by Gasteiger charge is 2.29. The van der Waals surface area contributed by atoms with Crippen molar-refractivity contribution in [1.82, 2.24) is 20.5 Å². The lowest BCUT2D eigenvalue weighted by atomic mass is 10.1. The zero-order valence-electron chi connectivity index (χ0n) is 9.73. The van der Waals surface area contributed by atoms with Gasteiger partial charge in [0.1, 0.15) is 5.82 Å². The molecule has 2 unspecified atom stereocenters. The van der Waals surface area contributed by atoms with Gasteiger partial charge >= 0.3 is 0 Å². The number of carbonyl (C=O) groups excluding carboxylic acids is 1. The van der Waals surface area contributed by atoms with Gasteiger partial charge in [-0.1, -0.05) is 6.92 Å². The van der Waals surface area contributed by atoms with Crippen molar-refractivity contribution in [2.75, 3.05) is 0 Å². The predicted octanol–water partition coefficient (Wildman–Crippen LogP) is 0.789. The van der Waals surface area contributed by atoms with E-state index >= 15 is 0 Å². The Labute approximate surface area is 99.4 Å². The maximum Gasteiger partial charge on any atom is 0.291 e. The molecule has 0 bridgehead atoms. The Morgan fingerprint density at radius 3 is 3.12 bits per heavy atom. The van der Waals surface area contributed by atoms with E-state index in [0.29, 0.717) is 12.2 Å².